The Hall–Kier alpha value is -0.470. The van der Waals surface area contributed by atoms with Gasteiger partial charge in [-0.15, -0.1) is 0 Å². The first kappa shape index (κ1) is 9.62. The van der Waals surface area contributed by atoms with Gasteiger partial charge in [0, 0.05) is 11.6 Å². The molecule has 68 valence electrons. The van der Waals surface area contributed by atoms with Gasteiger partial charge in [0.2, 0.25) is 0 Å². The Labute approximate surface area is 77.9 Å². The molecule has 1 rings (SSSR count). The van der Waals surface area contributed by atoms with Gasteiger partial charge in [0.25, 0.3) is 0 Å². The predicted octanol–water partition coefficient (Wildman–Crippen LogP) is 2.99. The van der Waals surface area contributed by atoms with Gasteiger partial charge in [-0.05, 0) is 37.6 Å². The number of hydrogen-bond donors (Lipinski definition) is 1. The molecular formula is C9H14ClNO. The standard InChI is InChI=1S/C9H14ClNO/c1-3-5-11-7(2)8-4-6-12-9(8)10/h4,6-7,11H,3,5H2,1-2H3. The number of hydrogen-bond acceptors (Lipinski definition) is 2. The molecule has 0 aliphatic carbocycles. The molecule has 3 heteroatoms. The summed E-state index contributed by atoms with van der Waals surface area (Å²) < 4.78 is 4.99. The van der Waals surface area contributed by atoms with Crippen LogP contribution in [0.25, 0.3) is 0 Å². The van der Waals surface area contributed by atoms with E-state index in [9.17, 15) is 0 Å². The molecule has 1 heterocycles. The fourth-order valence-electron chi connectivity index (χ4n) is 1.09. The minimum Gasteiger partial charge on any atom is -0.453 e. The smallest absolute Gasteiger partial charge is 0.197 e. The quantitative estimate of drug-likeness (QED) is 0.784. The van der Waals surface area contributed by atoms with Crippen molar-refractivity contribution in [1.82, 2.24) is 5.32 Å². The van der Waals surface area contributed by atoms with Crippen molar-refractivity contribution in [2.75, 3.05) is 6.54 Å². The lowest BCUT2D eigenvalue weighted by Gasteiger charge is -2.10. The maximum Gasteiger partial charge on any atom is 0.197 e. The van der Waals surface area contributed by atoms with E-state index in [1.807, 2.05) is 6.07 Å². The van der Waals surface area contributed by atoms with E-state index in [0.29, 0.717) is 5.22 Å². The predicted molar refractivity (Wildman–Crippen MR) is 50.4 cm³/mol. The molecule has 2 nitrogen and oxygen atoms in total. The van der Waals surface area contributed by atoms with E-state index in [1.54, 1.807) is 6.26 Å². The first-order valence-corrected chi connectivity index (χ1v) is 4.59. The molecule has 1 atom stereocenters. The molecule has 0 spiro atoms. The molecule has 0 radical (unpaired) electrons. The zero-order chi connectivity index (χ0) is 8.97. The van der Waals surface area contributed by atoms with Crippen molar-refractivity contribution >= 4 is 11.6 Å². The van der Waals surface area contributed by atoms with E-state index >= 15 is 0 Å². The van der Waals surface area contributed by atoms with Crippen LogP contribution in [0.15, 0.2) is 16.7 Å². The average molecular weight is 188 g/mol. The van der Waals surface area contributed by atoms with Crippen molar-refractivity contribution < 1.29 is 4.42 Å². The number of nitrogens with one attached hydrogen (secondary N) is 1. The van der Waals surface area contributed by atoms with Crippen molar-refractivity contribution in [2.45, 2.75) is 26.3 Å². The molecule has 0 aliphatic heterocycles. The van der Waals surface area contributed by atoms with Gasteiger partial charge in [0.05, 0.1) is 6.26 Å². The second kappa shape index (κ2) is 4.53. The van der Waals surface area contributed by atoms with E-state index in [1.165, 1.54) is 0 Å². The Bertz CT molecular complexity index is 234. The third-order valence-electron chi connectivity index (χ3n) is 1.81. The van der Waals surface area contributed by atoms with Crippen LogP contribution in [0.4, 0.5) is 0 Å². The highest BCUT2D eigenvalue weighted by Gasteiger charge is 2.10. The monoisotopic (exact) mass is 187 g/mol. The molecule has 12 heavy (non-hydrogen) atoms. The fourth-order valence-corrected chi connectivity index (χ4v) is 1.36. The molecule has 0 bridgehead atoms. The molecule has 0 saturated carbocycles. The molecule has 0 saturated heterocycles. The Balaban J connectivity index is 2.52. The second-order valence-corrected chi connectivity index (χ2v) is 3.17. The topological polar surface area (TPSA) is 25.2 Å². The van der Waals surface area contributed by atoms with Crippen LogP contribution in [0.2, 0.25) is 5.22 Å². The lowest BCUT2D eigenvalue weighted by Crippen LogP contribution is -2.18. The summed E-state index contributed by atoms with van der Waals surface area (Å²) in [4.78, 5) is 0. The van der Waals surface area contributed by atoms with E-state index in [4.69, 9.17) is 16.0 Å². The summed E-state index contributed by atoms with van der Waals surface area (Å²) in [6.45, 7) is 5.21. The van der Waals surface area contributed by atoms with E-state index in [2.05, 4.69) is 19.2 Å². The van der Waals surface area contributed by atoms with Crippen LogP contribution in [0.5, 0.6) is 0 Å². The van der Waals surface area contributed by atoms with Crippen molar-refractivity contribution in [3.05, 3.63) is 23.1 Å². The highest BCUT2D eigenvalue weighted by Crippen LogP contribution is 2.23. The molecule has 1 unspecified atom stereocenters. The number of halogens is 1. The van der Waals surface area contributed by atoms with Crippen LogP contribution in [-0.2, 0) is 0 Å². The Morgan fingerprint density at radius 2 is 2.42 bits per heavy atom. The summed E-state index contributed by atoms with van der Waals surface area (Å²) in [6.07, 6.45) is 2.74. The van der Waals surface area contributed by atoms with E-state index in [0.717, 1.165) is 18.5 Å². The molecular weight excluding hydrogens is 174 g/mol. The third kappa shape index (κ3) is 2.26. The first-order chi connectivity index (χ1) is 5.75. The molecule has 0 amide bonds. The van der Waals surface area contributed by atoms with Crippen molar-refractivity contribution in [2.24, 2.45) is 0 Å². The average Bonchev–Trinajstić information content (AvgIpc) is 2.47. The molecule has 1 N–H and O–H groups in total. The molecule has 0 fully saturated rings. The largest absolute Gasteiger partial charge is 0.453 e. The summed E-state index contributed by atoms with van der Waals surface area (Å²) in [7, 11) is 0. The van der Waals surface area contributed by atoms with Crippen LogP contribution in [-0.4, -0.2) is 6.54 Å². The first-order valence-electron chi connectivity index (χ1n) is 4.22. The van der Waals surface area contributed by atoms with Crippen LogP contribution < -0.4 is 5.32 Å². The molecule has 1 aromatic rings. The van der Waals surface area contributed by atoms with Crippen molar-refractivity contribution in [3.8, 4) is 0 Å². The van der Waals surface area contributed by atoms with Gasteiger partial charge in [0.1, 0.15) is 0 Å². The minimum absolute atomic E-state index is 0.274. The van der Waals surface area contributed by atoms with Crippen molar-refractivity contribution in [3.63, 3.8) is 0 Å². The Kier molecular flexibility index (Phi) is 3.63. The summed E-state index contributed by atoms with van der Waals surface area (Å²) in [5.74, 6) is 0. The van der Waals surface area contributed by atoms with E-state index in [-0.39, 0.29) is 6.04 Å². The Morgan fingerprint density at radius 1 is 1.67 bits per heavy atom. The van der Waals surface area contributed by atoms with Crippen LogP contribution in [0, 0.1) is 0 Å². The van der Waals surface area contributed by atoms with Crippen LogP contribution in [0.1, 0.15) is 31.9 Å². The maximum absolute atomic E-state index is 5.81. The lowest BCUT2D eigenvalue weighted by molar-refractivity contribution is 0.539. The van der Waals surface area contributed by atoms with Gasteiger partial charge in [-0.2, -0.15) is 0 Å². The Morgan fingerprint density at radius 3 is 2.92 bits per heavy atom. The third-order valence-corrected chi connectivity index (χ3v) is 2.12. The SMILES string of the molecule is CCCNC(C)c1ccoc1Cl. The van der Waals surface area contributed by atoms with Gasteiger partial charge in [-0.1, -0.05) is 6.92 Å². The van der Waals surface area contributed by atoms with Crippen LogP contribution >= 0.6 is 11.6 Å². The summed E-state index contributed by atoms with van der Waals surface area (Å²) in [6, 6.07) is 2.17. The lowest BCUT2D eigenvalue weighted by atomic mass is 10.2. The fraction of sp³-hybridized carbons (Fsp3) is 0.556. The number of furan rings is 1. The number of rotatable bonds is 4. The highest BCUT2D eigenvalue weighted by atomic mass is 35.5. The maximum atomic E-state index is 5.81. The summed E-state index contributed by atoms with van der Waals surface area (Å²) in [5, 5.41) is 3.82. The van der Waals surface area contributed by atoms with Gasteiger partial charge >= 0.3 is 0 Å². The van der Waals surface area contributed by atoms with Gasteiger partial charge < -0.3 is 9.73 Å². The van der Waals surface area contributed by atoms with Crippen LogP contribution in [0.3, 0.4) is 0 Å². The van der Waals surface area contributed by atoms with Gasteiger partial charge in [-0.25, -0.2) is 0 Å². The normalized spacial score (nSPS) is 13.2. The summed E-state index contributed by atoms with van der Waals surface area (Å²) in [5.41, 5.74) is 1.03. The molecule has 0 aliphatic rings. The zero-order valence-electron chi connectivity index (χ0n) is 7.43. The zero-order valence-corrected chi connectivity index (χ0v) is 8.19. The summed E-state index contributed by atoms with van der Waals surface area (Å²) >= 11 is 5.81. The van der Waals surface area contributed by atoms with E-state index < -0.39 is 0 Å². The molecule has 0 aromatic carbocycles. The second-order valence-electron chi connectivity index (χ2n) is 2.83. The van der Waals surface area contributed by atoms with Crippen molar-refractivity contribution in [1.29, 1.82) is 0 Å². The van der Waals surface area contributed by atoms with Gasteiger partial charge in [0.15, 0.2) is 5.22 Å². The molecule has 1 aromatic heterocycles. The highest BCUT2D eigenvalue weighted by molar-refractivity contribution is 6.29. The minimum atomic E-state index is 0.274. The van der Waals surface area contributed by atoms with Gasteiger partial charge in [-0.3, -0.25) is 0 Å².